The third-order valence-electron chi connectivity index (χ3n) is 11.1. The minimum absolute atomic E-state index is 0.0133. The Kier molecular flexibility index (Phi) is 29.8. The van der Waals surface area contributed by atoms with Gasteiger partial charge in [0.05, 0.1) is 6.61 Å². The van der Waals surface area contributed by atoms with Gasteiger partial charge in [-0.25, -0.2) is 0 Å². The molecule has 1 saturated heterocycles. The van der Waals surface area contributed by atoms with E-state index in [0.29, 0.717) is 24.9 Å². The van der Waals surface area contributed by atoms with Crippen LogP contribution in [0, 0.1) is 5.41 Å². The van der Waals surface area contributed by atoms with Gasteiger partial charge >= 0.3 is 11.9 Å². The van der Waals surface area contributed by atoms with Crippen LogP contribution >= 0.6 is 0 Å². The van der Waals surface area contributed by atoms with Crippen molar-refractivity contribution in [2.45, 2.75) is 233 Å². The molecule has 0 radical (unpaired) electrons. The van der Waals surface area contributed by atoms with E-state index in [1.54, 1.807) is 0 Å². The standard InChI is InChI=1S/C43H83NO4/c1-5-9-12-15-18-21-28-39-47-41(45)31-24-26-33-43(35-37-44(8-4)38-36-43)34-27-25-32-42(46)48-40(29-22-19-16-13-10-6-2)30-23-20-17-14-11-7-3/h40H,5-39H2,1-4H3. The van der Waals surface area contributed by atoms with Crippen molar-refractivity contribution < 1.29 is 19.1 Å². The van der Waals surface area contributed by atoms with Gasteiger partial charge in [-0.15, -0.1) is 0 Å². The van der Waals surface area contributed by atoms with Crippen LogP contribution in [0.2, 0.25) is 0 Å². The van der Waals surface area contributed by atoms with Crippen LogP contribution in [0.15, 0.2) is 0 Å². The molecular weight excluding hydrogens is 594 g/mol. The van der Waals surface area contributed by atoms with Crippen LogP contribution in [0.4, 0.5) is 0 Å². The van der Waals surface area contributed by atoms with Crippen LogP contribution in [0.3, 0.4) is 0 Å². The number of esters is 2. The second kappa shape index (κ2) is 31.9. The molecule has 0 aromatic rings. The Morgan fingerprint density at radius 3 is 1.46 bits per heavy atom. The molecule has 5 nitrogen and oxygen atoms in total. The smallest absolute Gasteiger partial charge is 0.306 e. The average molecular weight is 678 g/mol. The molecule has 1 fully saturated rings. The zero-order valence-corrected chi connectivity index (χ0v) is 32.9. The second-order valence-corrected chi connectivity index (χ2v) is 15.4. The molecule has 0 aliphatic carbocycles. The van der Waals surface area contributed by atoms with Gasteiger partial charge in [0, 0.05) is 12.8 Å². The molecule has 0 aromatic heterocycles. The Hall–Kier alpha value is -1.10. The van der Waals surface area contributed by atoms with E-state index in [-0.39, 0.29) is 18.0 Å². The fourth-order valence-electron chi connectivity index (χ4n) is 7.64. The first-order valence-electron chi connectivity index (χ1n) is 21.6. The number of ether oxygens (including phenoxy) is 2. The van der Waals surface area contributed by atoms with Gasteiger partial charge in [-0.2, -0.15) is 0 Å². The number of hydrogen-bond donors (Lipinski definition) is 0. The van der Waals surface area contributed by atoms with Gasteiger partial charge in [-0.3, -0.25) is 9.59 Å². The quantitative estimate of drug-likeness (QED) is 0.0501. The molecule has 1 aliphatic heterocycles. The summed E-state index contributed by atoms with van der Waals surface area (Å²) in [6.07, 6.45) is 36.4. The van der Waals surface area contributed by atoms with Crippen molar-refractivity contribution in [3.8, 4) is 0 Å². The van der Waals surface area contributed by atoms with E-state index < -0.39 is 0 Å². The summed E-state index contributed by atoms with van der Waals surface area (Å²) in [5.41, 5.74) is 0.356. The fourth-order valence-corrected chi connectivity index (χ4v) is 7.64. The predicted molar refractivity (Wildman–Crippen MR) is 206 cm³/mol. The molecule has 0 saturated carbocycles. The number of nitrogens with zero attached hydrogens (tertiary/aromatic N) is 1. The molecule has 1 rings (SSSR count). The van der Waals surface area contributed by atoms with Crippen molar-refractivity contribution in [2.75, 3.05) is 26.2 Å². The van der Waals surface area contributed by atoms with Crippen molar-refractivity contribution in [2.24, 2.45) is 5.41 Å². The zero-order chi connectivity index (χ0) is 35.0. The first kappa shape index (κ1) is 44.9. The van der Waals surface area contributed by atoms with Gasteiger partial charge in [0.2, 0.25) is 0 Å². The van der Waals surface area contributed by atoms with E-state index in [1.807, 2.05) is 0 Å². The van der Waals surface area contributed by atoms with E-state index in [1.165, 1.54) is 154 Å². The lowest BCUT2D eigenvalue weighted by atomic mass is 9.71. The molecule has 5 heteroatoms. The number of likely N-dealkylation sites (tertiary alicyclic amines) is 1. The predicted octanol–water partition coefficient (Wildman–Crippen LogP) is 12.9. The third kappa shape index (κ3) is 24.9. The molecule has 48 heavy (non-hydrogen) atoms. The highest BCUT2D eigenvalue weighted by Crippen LogP contribution is 2.41. The van der Waals surface area contributed by atoms with Gasteiger partial charge < -0.3 is 14.4 Å². The molecule has 0 bridgehead atoms. The van der Waals surface area contributed by atoms with Crippen LogP contribution < -0.4 is 0 Å². The van der Waals surface area contributed by atoms with E-state index in [9.17, 15) is 9.59 Å². The summed E-state index contributed by atoms with van der Waals surface area (Å²) in [6, 6.07) is 0. The first-order valence-corrected chi connectivity index (χ1v) is 21.6. The van der Waals surface area contributed by atoms with Crippen LogP contribution in [-0.2, 0) is 19.1 Å². The zero-order valence-electron chi connectivity index (χ0n) is 32.9. The number of unbranched alkanes of at least 4 members (excludes halogenated alkanes) is 18. The molecule has 0 atom stereocenters. The van der Waals surface area contributed by atoms with Crippen molar-refractivity contribution >= 4 is 11.9 Å². The van der Waals surface area contributed by atoms with E-state index in [4.69, 9.17) is 9.47 Å². The van der Waals surface area contributed by atoms with E-state index in [2.05, 4.69) is 32.6 Å². The van der Waals surface area contributed by atoms with Crippen LogP contribution in [-0.4, -0.2) is 49.2 Å². The van der Waals surface area contributed by atoms with E-state index in [0.717, 1.165) is 51.5 Å². The molecule has 0 amide bonds. The average Bonchev–Trinajstić information content (AvgIpc) is 3.09. The lowest BCUT2D eigenvalue weighted by molar-refractivity contribution is -0.150. The van der Waals surface area contributed by atoms with Gasteiger partial charge in [0.25, 0.3) is 0 Å². The molecule has 284 valence electrons. The molecule has 0 N–H and O–H groups in total. The van der Waals surface area contributed by atoms with E-state index >= 15 is 0 Å². The maximum Gasteiger partial charge on any atom is 0.306 e. The summed E-state index contributed by atoms with van der Waals surface area (Å²) in [4.78, 5) is 27.9. The molecule has 1 aliphatic rings. The van der Waals surface area contributed by atoms with Crippen molar-refractivity contribution in [1.82, 2.24) is 4.90 Å². The van der Waals surface area contributed by atoms with Gasteiger partial charge in [0.15, 0.2) is 0 Å². The minimum Gasteiger partial charge on any atom is -0.466 e. The van der Waals surface area contributed by atoms with Crippen LogP contribution in [0.5, 0.6) is 0 Å². The van der Waals surface area contributed by atoms with Crippen molar-refractivity contribution in [3.05, 3.63) is 0 Å². The van der Waals surface area contributed by atoms with Crippen LogP contribution in [0.1, 0.15) is 227 Å². The molecule has 0 unspecified atom stereocenters. The maximum absolute atomic E-state index is 13.0. The SMILES string of the molecule is CCCCCCCCCOC(=O)CCCCC1(CCCCC(=O)OC(CCCCCCCC)CCCCCCCC)CCN(CC)CC1. The summed E-state index contributed by atoms with van der Waals surface area (Å²) >= 11 is 0. The number of hydrogen-bond acceptors (Lipinski definition) is 5. The Bertz CT molecular complexity index is 716. The summed E-state index contributed by atoms with van der Waals surface area (Å²) in [7, 11) is 0. The Balaban J connectivity index is 2.40. The highest BCUT2D eigenvalue weighted by molar-refractivity contribution is 5.69. The van der Waals surface area contributed by atoms with Gasteiger partial charge in [-0.1, -0.05) is 143 Å². The summed E-state index contributed by atoms with van der Waals surface area (Å²) in [5.74, 6) is 0.0162. The monoisotopic (exact) mass is 678 g/mol. The number of carbonyl (C=O) groups is 2. The lowest BCUT2D eigenvalue weighted by Gasteiger charge is -2.42. The maximum atomic E-state index is 13.0. The highest BCUT2D eigenvalue weighted by atomic mass is 16.5. The fraction of sp³-hybridized carbons (Fsp3) is 0.953. The highest BCUT2D eigenvalue weighted by Gasteiger charge is 2.33. The number of carbonyl (C=O) groups excluding carboxylic acids is 2. The largest absolute Gasteiger partial charge is 0.466 e. The summed E-state index contributed by atoms with van der Waals surface area (Å²) in [6.45, 7) is 13.1. The molecular formula is C43H83NO4. The minimum atomic E-state index is -0.0133. The molecule has 0 spiro atoms. The van der Waals surface area contributed by atoms with Gasteiger partial charge in [0.1, 0.15) is 6.10 Å². The summed E-state index contributed by atoms with van der Waals surface area (Å²) < 4.78 is 11.7. The lowest BCUT2D eigenvalue weighted by Crippen LogP contribution is -2.40. The Morgan fingerprint density at radius 1 is 0.542 bits per heavy atom. The topological polar surface area (TPSA) is 55.8 Å². The normalized spacial score (nSPS) is 14.9. The Morgan fingerprint density at radius 2 is 0.979 bits per heavy atom. The Labute approximate surface area is 299 Å². The number of piperidine rings is 1. The number of rotatable bonds is 34. The van der Waals surface area contributed by atoms with Crippen molar-refractivity contribution in [3.63, 3.8) is 0 Å². The third-order valence-corrected chi connectivity index (χ3v) is 11.1. The summed E-state index contributed by atoms with van der Waals surface area (Å²) in [5, 5.41) is 0. The van der Waals surface area contributed by atoms with Crippen LogP contribution in [0.25, 0.3) is 0 Å². The molecule has 1 heterocycles. The van der Waals surface area contributed by atoms with Crippen molar-refractivity contribution in [1.29, 1.82) is 0 Å². The molecule has 0 aromatic carbocycles. The second-order valence-electron chi connectivity index (χ2n) is 15.4. The van der Waals surface area contributed by atoms with Gasteiger partial charge in [-0.05, 0) is 95.7 Å². The first-order chi connectivity index (χ1) is 23.5.